The van der Waals surface area contributed by atoms with Gasteiger partial charge in [-0.05, 0) is 72.9 Å². The van der Waals surface area contributed by atoms with Gasteiger partial charge in [-0.25, -0.2) is 4.90 Å². The second-order valence-corrected chi connectivity index (χ2v) is 12.6. The van der Waals surface area contributed by atoms with Crippen molar-refractivity contribution in [2.45, 2.75) is 70.8 Å². The fraction of sp³-hybridized carbons (Fsp3) is 0.405. The molecule has 2 amide bonds. The molecule has 0 radical (unpaired) electrons. The minimum absolute atomic E-state index is 0.0243. The predicted octanol–water partition coefficient (Wildman–Crippen LogP) is 8.43. The van der Waals surface area contributed by atoms with E-state index < -0.39 is 71.4 Å². The van der Waals surface area contributed by atoms with E-state index in [-0.39, 0.29) is 24.7 Å². The molecule has 12 heteroatoms. The first-order chi connectivity index (χ1) is 23.1. The zero-order chi connectivity index (χ0) is 35.8. The van der Waals surface area contributed by atoms with Crippen molar-refractivity contribution >= 4 is 34.4 Å². The molecule has 1 heterocycles. The number of phenols is 1. The Morgan fingerprint density at radius 3 is 2.14 bits per heavy atom. The standard InChI is InChI=1S/C37H37F6NO5/c1-3-7-22-15-28-33(35(49)44(34(28)48)25-17-23(36(38,39)40)16-24(18-25)37(41,42)43)29(19-45)32(22)31(47)12-10-20(4-2)14-21-11-13-30(46)27-9-6-5-8-26(21)27/h5-6,8-9,11,13-14,16-18,28-29,31,33,45-47H,3-4,7,10,12,15,19H2,1-2H3/b20-14+/t28-,29+,31-,33-/m1/s1. The maximum absolute atomic E-state index is 13.8. The molecule has 49 heavy (non-hydrogen) atoms. The van der Waals surface area contributed by atoms with E-state index in [1.807, 2.05) is 44.2 Å². The van der Waals surface area contributed by atoms with E-state index in [1.165, 1.54) is 0 Å². The average Bonchev–Trinajstić information content (AvgIpc) is 3.31. The molecular formula is C37H37F6NO5. The Morgan fingerprint density at radius 2 is 1.57 bits per heavy atom. The number of alkyl halides is 6. The Balaban J connectivity index is 1.46. The molecule has 1 saturated heterocycles. The Labute approximate surface area is 279 Å². The molecule has 262 valence electrons. The summed E-state index contributed by atoms with van der Waals surface area (Å²) in [6, 6.07) is 11.4. The Morgan fingerprint density at radius 1 is 0.939 bits per heavy atom. The maximum Gasteiger partial charge on any atom is 0.416 e. The molecule has 6 nitrogen and oxygen atoms in total. The van der Waals surface area contributed by atoms with Crippen LogP contribution in [0.25, 0.3) is 16.8 Å². The van der Waals surface area contributed by atoms with Crippen molar-refractivity contribution in [3.63, 3.8) is 0 Å². The van der Waals surface area contributed by atoms with Crippen LogP contribution in [0.1, 0.15) is 69.1 Å². The average molecular weight is 690 g/mol. The van der Waals surface area contributed by atoms with Gasteiger partial charge in [0.25, 0.3) is 0 Å². The van der Waals surface area contributed by atoms with Gasteiger partial charge in [0, 0.05) is 11.3 Å². The lowest BCUT2D eigenvalue weighted by Gasteiger charge is -2.36. The Kier molecular flexibility index (Phi) is 10.3. The summed E-state index contributed by atoms with van der Waals surface area (Å²) in [5.41, 5.74) is -1.28. The minimum Gasteiger partial charge on any atom is -0.507 e. The molecule has 1 aliphatic carbocycles. The van der Waals surface area contributed by atoms with Crippen molar-refractivity contribution in [1.29, 1.82) is 0 Å². The number of hydrogen-bond acceptors (Lipinski definition) is 5. The number of anilines is 1. The third-order valence-corrected chi connectivity index (χ3v) is 9.61. The van der Waals surface area contributed by atoms with Gasteiger partial charge in [-0.2, -0.15) is 26.3 Å². The van der Waals surface area contributed by atoms with Gasteiger partial charge >= 0.3 is 12.4 Å². The number of nitrogens with zero attached hydrogens (tertiary/aromatic N) is 1. The molecule has 4 atom stereocenters. The molecule has 0 aromatic heterocycles. The first kappa shape index (κ1) is 36.1. The quantitative estimate of drug-likeness (QED) is 0.113. The van der Waals surface area contributed by atoms with Crippen molar-refractivity contribution < 1.29 is 51.3 Å². The molecule has 0 unspecified atom stereocenters. The fourth-order valence-electron chi connectivity index (χ4n) is 7.30. The van der Waals surface area contributed by atoms with E-state index in [2.05, 4.69) is 0 Å². The van der Waals surface area contributed by atoms with E-state index in [1.54, 1.807) is 12.1 Å². The molecule has 5 rings (SSSR count). The lowest BCUT2D eigenvalue weighted by Crippen LogP contribution is -2.39. The van der Waals surface area contributed by atoms with Gasteiger partial charge in [0.05, 0.1) is 41.4 Å². The summed E-state index contributed by atoms with van der Waals surface area (Å²) in [5.74, 6) is -5.29. The van der Waals surface area contributed by atoms with Crippen molar-refractivity contribution in [3.8, 4) is 5.75 Å². The molecular weight excluding hydrogens is 652 g/mol. The number of aromatic hydroxyl groups is 1. The van der Waals surface area contributed by atoms with Crippen molar-refractivity contribution in [2.75, 3.05) is 11.5 Å². The van der Waals surface area contributed by atoms with Gasteiger partial charge in [0.1, 0.15) is 5.75 Å². The van der Waals surface area contributed by atoms with Crippen LogP contribution >= 0.6 is 0 Å². The molecule has 1 aliphatic heterocycles. The van der Waals surface area contributed by atoms with E-state index >= 15 is 0 Å². The van der Waals surface area contributed by atoms with Gasteiger partial charge < -0.3 is 15.3 Å². The zero-order valence-electron chi connectivity index (χ0n) is 26.9. The van der Waals surface area contributed by atoms with Gasteiger partial charge in [0.2, 0.25) is 11.8 Å². The van der Waals surface area contributed by atoms with E-state index in [0.29, 0.717) is 59.2 Å². The molecule has 3 aromatic rings. The summed E-state index contributed by atoms with van der Waals surface area (Å²) < 4.78 is 81.8. The first-order valence-corrected chi connectivity index (χ1v) is 16.2. The number of phenolic OH excluding ortho intramolecular Hbond substituents is 1. The second kappa shape index (κ2) is 14.0. The largest absolute Gasteiger partial charge is 0.507 e. The molecule has 1 fully saturated rings. The van der Waals surface area contributed by atoms with Crippen molar-refractivity contribution in [2.24, 2.45) is 17.8 Å². The summed E-state index contributed by atoms with van der Waals surface area (Å²) >= 11 is 0. The van der Waals surface area contributed by atoms with Crippen LogP contribution in [-0.2, 0) is 21.9 Å². The van der Waals surface area contributed by atoms with E-state index in [9.17, 15) is 51.3 Å². The van der Waals surface area contributed by atoms with Crippen LogP contribution in [0.5, 0.6) is 5.75 Å². The minimum atomic E-state index is -5.18. The number of imide groups is 1. The molecule has 0 spiro atoms. The topological polar surface area (TPSA) is 98.1 Å². The number of hydrogen-bond donors (Lipinski definition) is 3. The number of allylic oxidation sites excluding steroid dienone is 2. The lowest BCUT2D eigenvalue weighted by molar-refractivity contribution is -0.143. The van der Waals surface area contributed by atoms with Crippen LogP contribution in [0.2, 0.25) is 0 Å². The number of aliphatic hydroxyl groups excluding tert-OH is 2. The number of fused-ring (bicyclic) bond motifs is 2. The van der Waals surface area contributed by atoms with Crippen LogP contribution < -0.4 is 4.90 Å². The normalized spacial score (nSPS) is 21.1. The molecule has 0 saturated carbocycles. The summed E-state index contributed by atoms with van der Waals surface area (Å²) in [5, 5.41) is 34.0. The molecule has 0 bridgehead atoms. The van der Waals surface area contributed by atoms with Gasteiger partial charge in [-0.1, -0.05) is 67.8 Å². The van der Waals surface area contributed by atoms with Crippen molar-refractivity contribution in [3.05, 3.63) is 88.0 Å². The number of amides is 2. The highest BCUT2D eigenvalue weighted by molar-refractivity contribution is 6.22. The SMILES string of the molecule is CCCC1=C([C@H](O)CC/C(=C/c2ccc(O)c3ccccc23)CC)[C@H](CO)[C@@H]2C(=O)N(c3cc(C(F)(F)F)cc(C(F)(F)F)c3)C(=O)[C@@H]2C1. The lowest BCUT2D eigenvalue weighted by atomic mass is 9.67. The third-order valence-electron chi connectivity index (χ3n) is 9.61. The number of carbonyl (C=O) groups excluding carboxylic acids is 2. The van der Waals surface area contributed by atoms with Crippen LogP contribution in [0, 0.1) is 17.8 Å². The third kappa shape index (κ3) is 7.12. The summed E-state index contributed by atoms with van der Waals surface area (Å²) in [6.45, 7) is 3.16. The van der Waals surface area contributed by atoms with Gasteiger partial charge in [0.15, 0.2) is 0 Å². The molecule has 2 aliphatic rings. The van der Waals surface area contributed by atoms with Crippen molar-refractivity contribution in [1.82, 2.24) is 0 Å². The number of rotatable bonds is 10. The first-order valence-electron chi connectivity index (χ1n) is 16.2. The van der Waals surface area contributed by atoms with Crippen LogP contribution in [0.4, 0.5) is 32.0 Å². The van der Waals surface area contributed by atoms with Crippen LogP contribution in [0.15, 0.2) is 71.3 Å². The monoisotopic (exact) mass is 689 g/mol. The van der Waals surface area contributed by atoms with Gasteiger partial charge in [-0.15, -0.1) is 0 Å². The number of aliphatic hydroxyl groups is 2. The molecule has 3 N–H and O–H groups in total. The number of carbonyl (C=O) groups is 2. The fourth-order valence-corrected chi connectivity index (χ4v) is 7.30. The number of benzene rings is 3. The predicted molar refractivity (Wildman–Crippen MR) is 172 cm³/mol. The number of halogens is 6. The Hall–Kier alpha value is -4.16. The van der Waals surface area contributed by atoms with Gasteiger partial charge in [-0.3, -0.25) is 9.59 Å². The summed E-state index contributed by atoms with van der Waals surface area (Å²) in [6.07, 6.45) is -7.31. The highest BCUT2D eigenvalue weighted by Crippen LogP contribution is 2.49. The highest BCUT2D eigenvalue weighted by Gasteiger charge is 2.55. The van der Waals surface area contributed by atoms with Crippen LogP contribution in [0.3, 0.4) is 0 Å². The van der Waals surface area contributed by atoms with Crippen LogP contribution in [-0.4, -0.2) is 39.8 Å². The molecule has 3 aromatic carbocycles. The summed E-state index contributed by atoms with van der Waals surface area (Å²) in [7, 11) is 0. The zero-order valence-corrected chi connectivity index (χ0v) is 26.9. The second-order valence-electron chi connectivity index (χ2n) is 12.6. The smallest absolute Gasteiger partial charge is 0.416 e. The van der Waals surface area contributed by atoms with E-state index in [0.717, 1.165) is 16.5 Å². The Bertz CT molecular complexity index is 1780. The maximum atomic E-state index is 13.8. The highest BCUT2D eigenvalue weighted by atomic mass is 19.4. The summed E-state index contributed by atoms with van der Waals surface area (Å²) in [4.78, 5) is 27.9. The van der Waals surface area contributed by atoms with E-state index in [4.69, 9.17) is 0 Å².